The number of aliphatic carboxylic acids is 1. The van der Waals surface area contributed by atoms with Gasteiger partial charge in [0.2, 0.25) is 0 Å². The van der Waals surface area contributed by atoms with Gasteiger partial charge in [0.05, 0.1) is 11.5 Å². The van der Waals surface area contributed by atoms with E-state index < -0.39 is 11.9 Å². The number of rotatable bonds is 3. The number of amides is 1. The van der Waals surface area contributed by atoms with E-state index in [0.29, 0.717) is 18.4 Å². The summed E-state index contributed by atoms with van der Waals surface area (Å²) in [5.41, 5.74) is 0.440. The van der Waals surface area contributed by atoms with Gasteiger partial charge in [0.15, 0.2) is 0 Å². The average molecular weight is 355 g/mol. The van der Waals surface area contributed by atoms with Gasteiger partial charge in [-0.1, -0.05) is 25.7 Å². The summed E-state index contributed by atoms with van der Waals surface area (Å²) in [6, 6.07) is 1.37. The molecule has 1 aliphatic rings. The minimum atomic E-state index is -0.824. The number of carboxylic acids is 1. The van der Waals surface area contributed by atoms with Gasteiger partial charge in [-0.3, -0.25) is 14.6 Å². The molecule has 0 aliphatic heterocycles. The van der Waals surface area contributed by atoms with Crippen molar-refractivity contribution in [3.63, 3.8) is 0 Å². The fourth-order valence-electron chi connectivity index (χ4n) is 2.74. The molecule has 0 radical (unpaired) electrons. The van der Waals surface area contributed by atoms with Gasteiger partial charge in [0.1, 0.15) is 0 Å². The zero-order chi connectivity index (χ0) is 15.2. The Hall–Kier alpha value is -1.43. The smallest absolute Gasteiger partial charge is 0.308 e. The van der Waals surface area contributed by atoms with Crippen molar-refractivity contribution in [2.75, 3.05) is 0 Å². The summed E-state index contributed by atoms with van der Waals surface area (Å²) in [6.45, 7) is 0. The lowest BCUT2D eigenvalue weighted by Crippen LogP contribution is -2.44. The van der Waals surface area contributed by atoms with Crippen LogP contribution >= 0.6 is 15.9 Å². The van der Waals surface area contributed by atoms with Crippen LogP contribution in [0.15, 0.2) is 22.9 Å². The molecule has 2 unspecified atom stereocenters. The largest absolute Gasteiger partial charge is 0.481 e. The van der Waals surface area contributed by atoms with Crippen LogP contribution in [-0.2, 0) is 4.79 Å². The highest BCUT2D eigenvalue weighted by Crippen LogP contribution is 2.23. The quantitative estimate of drug-likeness (QED) is 0.874. The second-order valence-corrected chi connectivity index (χ2v) is 6.32. The van der Waals surface area contributed by atoms with Crippen molar-refractivity contribution in [1.82, 2.24) is 10.3 Å². The van der Waals surface area contributed by atoms with Crippen LogP contribution in [0.2, 0.25) is 0 Å². The lowest BCUT2D eigenvalue weighted by atomic mass is 9.86. The molecule has 21 heavy (non-hydrogen) atoms. The first-order valence-corrected chi connectivity index (χ1v) is 8.01. The Morgan fingerprint density at radius 1 is 1.19 bits per heavy atom. The summed E-state index contributed by atoms with van der Waals surface area (Å²) < 4.78 is 0.725. The summed E-state index contributed by atoms with van der Waals surface area (Å²) in [7, 11) is 0. The van der Waals surface area contributed by atoms with Crippen molar-refractivity contribution >= 4 is 27.8 Å². The first-order valence-electron chi connectivity index (χ1n) is 7.22. The van der Waals surface area contributed by atoms with Crippen molar-refractivity contribution in [3.8, 4) is 0 Å². The Balaban J connectivity index is 2.09. The first-order chi connectivity index (χ1) is 10.1. The molecular formula is C15H19BrN2O3. The molecule has 6 heteroatoms. The van der Waals surface area contributed by atoms with E-state index in [-0.39, 0.29) is 11.9 Å². The summed E-state index contributed by atoms with van der Waals surface area (Å²) >= 11 is 3.28. The third-order valence-corrected chi connectivity index (χ3v) is 4.30. The maximum atomic E-state index is 12.3. The molecule has 0 saturated heterocycles. The van der Waals surface area contributed by atoms with Gasteiger partial charge in [-0.25, -0.2) is 0 Å². The second kappa shape index (κ2) is 7.54. The van der Waals surface area contributed by atoms with Crippen molar-refractivity contribution in [3.05, 3.63) is 28.5 Å². The number of hydrogen-bond donors (Lipinski definition) is 2. The maximum absolute atomic E-state index is 12.3. The highest BCUT2D eigenvalue weighted by atomic mass is 79.9. The summed E-state index contributed by atoms with van der Waals surface area (Å²) in [4.78, 5) is 27.7. The molecule has 1 aliphatic carbocycles. The molecular weight excluding hydrogens is 336 g/mol. The number of carboxylic acid groups (broad SMARTS) is 1. The fourth-order valence-corrected chi connectivity index (χ4v) is 3.11. The molecule has 5 nitrogen and oxygen atoms in total. The van der Waals surface area contributed by atoms with Gasteiger partial charge in [-0.05, 0) is 34.8 Å². The lowest BCUT2D eigenvalue weighted by molar-refractivity contribution is -0.143. The van der Waals surface area contributed by atoms with Crippen molar-refractivity contribution < 1.29 is 14.7 Å². The van der Waals surface area contributed by atoms with Crippen LogP contribution in [0.3, 0.4) is 0 Å². The topological polar surface area (TPSA) is 79.3 Å². The fraction of sp³-hybridized carbons (Fsp3) is 0.533. The Kier molecular flexibility index (Phi) is 5.73. The molecule has 1 fully saturated rings. The third kappa shape index (κ3) is 4.52. The maximum Gasteiger partial charge on any atom is 0.308 e. The standard InChI is InChI=1S/C15H19BrN2O3/c16-11-7-10(8-17-9-11)14(19)18-13-6-4-2-1-3-5-12(13)15(20)21/h7-9,12-13H,1-6H2,(H,18,19)(H,20,21). The molecule has 1 amide bonds. The van der Waals surface area contributed by atoms with Gasteiger partial charge in [-0.2, -0.15) is 0 Å². The molecule has 1 aromatic rings. The van der Waals surface area contributed by atoms with E-state index in [1.54, 1.807) is 12.3 Å². The number of pyridine rings is 1. The Bertz CT molecular complexity index is 521. The Labute approximate surface area is 132 Å². The van der Waals surface area contributed by atoms with E-state index in [0.717, 1.165) is 30.2 Å². The highest BCUT2D eigenvalue weighted by Gasteiger charge is 2.30. The number of halogens is 1. The monoisotopic (exact) mass is 354 g/mol. The first kappa shape index (κ1) is 15.9. The number of carbonyl (C=O) groups excluding carboxylic acids is 1. The molecule has 1 heterocycles. The normalized spacial score (nSPS) is 22.9. The van der Waals surface area contributed by atoms with Crippen LogP contribution in [0, 0.1) is 5.92 Å². The lowest BCUT2D eigenvalue weighted by Gasteiger charge is -2.27. The predicted molar refractivity (Wildman–Crippen MR) is 82.0 cm³/mol. The SMILES string of the molecule is O=C(NC1CCCCCCC1C(=O)O)c1cncc(Br)c1. The van der Waals surface area contributed by atoms with Gasteiger partial charge in [-0.15, -0.1) is 0 Å². The molecule has 2 atom stereocenters. The van der Waals surface area contributed by atoms with Gasteiger partial charge >= 0.3 is 5.97 Å². The Morgan fingerprint density at radius 2 is 1.90 bits per heavy atom. The van der Waals surface area contributed by atoms with Crippen molar-refractivity contribution in [2.24, 2.45) is 5.92 Å². The van der Waals surface area contributed by atoms with Crippen LogP contribution in [-0.4, -0.2) is 28.0 Å². The number of aromatic nitrogens is 1. The van der Waals surface area contributed by atoms with Crippen LogP contribution < -0.4 is 5.32 Å². The highest BCUT2D eigenvalue weighted by molar-refractivity contribution is 9.10. The van der Waals surface area contributed by atoms with Crippen molar-refractivity contribution in [2.45, 2.75) is 44.6 Å². The molecule has 0 bridgehead atoms. The van der Waals surface area contributed by atoms with E-state index in [4.69, 9.17) is 0 Å². The molecule has 2 rings (SSSR count). The summed E-state index contributed by atoms with van der Waals surface area (Å²) in [5.74, 6) is -1.59. The molecule has 1 saturated carbocycles. The second-order valence-electron chi connectivity index (χ2n) is 5.41. The number of nitrogens with zero attached hydrogens (tertiary/aromatic N) is 1. The minimum absolute atomic E-state index is 0.263. The minimum Gasteiger partial charge on any atom is -0.481 e. The molecule has 0 spiro atoms. The van der Waals surface area contributed by atoms with Gasteiger partial charge < -0.3 is 10.4 Å². The predicted octanol–water partition coefficient (Wildman–Crippen LogP) is 3.00. The van der Waals surface area contributed by atoms with Crippen LogP contribution in [0.25, 0.3) is 0 Å². The third-order valence-electron chi connectivity index (χ3n) is 3.87. The van der Waals surface area contributed by atoms with E-state index >= 15 is 0 Å². The molecule has 114 valence electrons. The van der Waals surface area contributed by atoms with E-state index in [1.165, 1.54) is 6.20 Å². The van der Waals surface area contributed by atoms with Crippen LogP contribution in [0.4, 0.5) is 0 Å². The molecule has 0 aromatic carbocycles. The molecule has 1 aromatic heterocycles. The van der Waals surface area contributed by atoms with Crippen molar-refractivity contribution in [1.29, 1.82) is 0 Å². The van der Waals surface area contributed by atoms with E-state index in [2.05, 4.69) is 26.2 Å². The number of hydrogen-bond acceptors (Lipinski definition) is 3. The summed E-state index contributed by atoms with van der Waals surface area (Å²) in [5, 5.41) is 12.3. The van der Waals surface area contributed by atoms with Gasteiger partial charge in [0.25, 0.3) is 5.91 Å². The zero-order valence-electron chi connectivity index (χ0n) is 11.7. The number of nitrogens with one attached hydrogen (secondary N) is 1. The van der Waals surface area contributed by atoms with E-state index in [1.807, 2.05) is 0 Å². The van der Waals surface area contributed by atoms with E-state index in [9.17, 15) is 14.7 Å². The van der Waals surface area contributed by atoms with Gasteiger partial charge in [0, 0.05) is 22.9 Å². The number of carbonyl (C=O) groups is 2. The zero-order valence-corrected chi connectivity index (χ0v) is 13.3. The van der Waals surface area contributed by atoms with Crippen LogP contribution in [0.1, 0.15) is 48.9 Å². The summed E-state index contributed by atoms with van der Waals surface area (Å²) in [6.07, 6.45) is 8.44. The molecule has 2 N–H and O–H groups in total. The van der Waals surface area contributed by atoms with Crippen LogP contribution in [0.5, 0.6) is 0 Å². The Morgan fingerprint density at radius 3 is 2.57 bits per heavy atom. The average Bonchev–Trinajstić information content (AvgIpc) is 2.41.